The molecule has 1 aromatic heterocycles. The van der Waals surface area contributed by atoms with Crippen molar-refractivity contribution >= 4 is 33.5 Å². The average Bonchev–Trinajstić information content (AvgIpc) is 3.22. The van der Waals surface area contributed by atoms with Crippen molar-refractivity contribution in [2.45, 2.75) is 26.4 Å². The quantitative estimate of drug-likeness (QED) is 0.687. The van der Waals surface area contributed by atoms with E-state index >= 15 is 0 Å². The van der Waals surface area contributed by atoms with Gasteiger partial charge in [-0.1, -0.05) is 0 Å². The first-order valence-electron chi connectivity index (χ1n) is 10.0. The molecule has 7 nitrogen and oxygen atoms in total. The van der Waals surface area contributed by atoms with Gasteiger partial charge in [-0.2, -0.15) is 0 Å². The van der Waals surface area contributed by atoms with Crippen LogP contribution in [0.1, 0.15) is 20.8 Å². The first-order chi connectivity index (χ1) is 13.3. The van der Waals surface area contributed by atoms with Gasteiger partial charge in [-0.15, -0.1) is 0 Å². The van der Waals surface area contributed by atoms with Crippen molar-refractivity contribution < 1.29 is 14.3 Å². The number of piperazine rings is 1. The van der Waals surface area contributed by atoms with Crippen LogP contribution in [0.5, 0.6) is 0 Å². The third-order valence-electron chi connectivity index (χ3n) is 5.63. The Morgan fingerprint density at radius 3 is 2.39 bits per heavy atom. The van der Waals surface area contributed by atoms with Gasteiger partial charge in [-0.25, -0.2) is 9.78 Å². The van der Waals surface area contributed by atoms with Crippen molar-refractivity contribution in [3.63, 3.8) is 0 Å². The van der Waals surface area contributed by atoms with E-state index in [0.717, 1.165) is 49.7 Å². The van der Waals surface area contributed by atoms with Crippen molar-refractivity contribution in [3.8, 4) is 0 Å². The summed E-state index contributed by atoms with van der Waals surface area (Å²) in [5.74, 6) is 2.25. The zero-order chi connectivity index (χ0) is 19.9. The lowest BCUT2D eigenvalue weighted by Crippen LogP contribution is -2.50. The van der Waals surface area contributed by atoms with Crippen LogP contribution in [0.4, 0.5) is 16.3 Å². The minimum atomic E-state index is -0.466. The minimum Gasteiger partial charge on any atom is -0.444 e. The molecule has 0 aromatic carbocycles. The van der Waals surface area contributed by atoms with Gasteiger partial charge in [0.2, 0.25) is 0 Å². The molecule has 3 aliphatic rings. The number of carbonyl (C=O) groups excluding carboxylic acids is 1. The number of carbonyl (C=O) groups is 1. The highest BCUT2D eigenvalue weighted by Gasteiger charge is 2.38. The smallest absolute Gasteiger partial charge is 0.410 e. The number of amides is 1. The molecule has 1 aromatic rings. The maximum atomic E-state index is 12.3. The summed E-state index contributed by atoms with van der Waals surface area (Å²) in [4.78, 5) is 23.6. The van der Waals surface area contributed by atoms with Crippen LogP contribution in [0.2, 0.25) is 0 Å². The van der Waals surface area contributed by atoms with E-state index in [9.17, 15) is 4.79 Å². The summed E-state index contributed by atoms with van der Waals surface area (Å²) in [7, 11) is 0. The Morgan fingerprint density at radius 1 is 1.14 bits per heavy atom. The number of rotatable bonds is 2. The van der Waals surface area contributed by atoms with Gasteiger partial charge in [-0.3, -0.25) is 0 Å². The molecular weight excluding hydrogens is 424 g/mol. The molecule has 3 saturated heterocycles. The molecule has 3 fully saturated rings. The van der Waals surface area contributed by atoms with Crippen LogP contribution >= 0.6 is 15.9 Å². The summed E-state index contributed by atoms with van der Waals surface area (Å²) >= 11 is 3.58. The first-order valence-corrected chi connectivity index (χ1v) is 10.8. The fourth-order valence-corrected chi connectivity index (χ4v) is 4.53. The van der Waals surface area contributed by atoms with Crippen LogP contribution in [-0.2, 0) is 9.47 Å². The summed E-state index contributed by atoms with van der Waals surface area (Å²) in [5.41, 5.74) is 0.709. The Kier molecular flexibility index (Phi) is 5.44. The van der Waals surface area contributed by atoms with Crippen LogP contribution < -0.4 is 9.80 Å². The lowest BCUT2D eigenvalue weighted by atomic mass is 10.0. The van der Waals surface area contributed by atoms with E-state index in [0.29, 0.717) is 24.9 Å². The molecule has 4 heterocycles. The lowest BCUT2D eigenvalue weighted by Gasteiger charge is -2.37. The first kappa shape index (κ1) is 19.8. The Bertz CT molecular complexity index is 719. The molecule has 4 rings (SSSR count). The van der Waals surface area contributed by atoms with Crippen molar-refractivity contribution in [1.82, 2.24) is 9.88 Å². The van der Waals surface area contributed by atoms with Crippen molar-refractivity contribution in [3.05, 3.63) is 16.7 Å². The monoisotopic (exact) mass is 452 g/mol. The van der Waals surface area contributed by atoms with Crippen molar-refractivity contribution in [1.29, 1.82) is 0 Å². The summed E-state index contributed by atoms with van der Waals surface area (Å²) in [5, 5.41) is 0. The predicted molar refractivity (Wildman–Crippen MR) is 112 cm³/mol. The largest absolute Gasteiger partial charge is 0.444 e. The van der Waals surface area contributed by atoms with E-state index in [2.05, 4.69) is 31.8 Å². The highest BCUT2D eigenvalue weighted by Crippen LogP contribution is 2.38. The summed E-state index contributed by atoms with van der Waals surface area (Å²) in [6, 6.07) is 2.17. The molecule has 2 unspecified atom stereocenters. The van der Waals surface area contributed by atoms with Gasteiger partial charge in [0, 0.05) is 61.8 Å². The third-order valence-corrected chi connectivity index (χ3v) is 6.06. The maximum absolute atomic E-state index is 12.3. The van der Waals surface area contributed by atoms with E-state index in [1.54, 1.807) is 4.90 Å². The molecule has 0 bridgehead atoms. The standard InChI is InChI=1S/C20H29BrN4O3/c1-20(2,3)28-19(26)24-6-4-23(5-7-24)18-17(8-16(21)9-22-18)25-10-14-12-27-13-15(14)11-25/h8-9,14-15H,4-7,10-13H2,1-3H3. The predicted octanol–water partition coefficient (Wildman–Crippen LogP) is 2.98. The van der Waals surface area contributed by atoms with Gasteiger partial charge >= 0.3 is 6.09 Å². The van der Waals surface area contributed by atoms with E-state index in [4.69, 9.17) is 14.5 Å². The number of anilines is 2. The van der Waals surface area contributed by atoms with Crippen LogP contribution in [0.25, 0.3) is 0 Å². The van der Waals surface area contributed by atoms with E-state index in [1.807, 2.05) is 27.0 Å². The maximum Gasteiger partial charge on any atom is 0.410 e. The number of pyridine rings is 1. The normalized spacial score (nSPS) is 25.2. The van der Waals surface area contributed by atoms with Crippen LogP contribution in [0, 0.1) is 11.8 Å². The van der Waals surface area contributed by atoms with Gasteiger partial charge in [0.15, 0.2) is 5.82 Å². The summed E-state index contributed by atoms with van der Waals surface area (Å²) in [6.07, 6.45) is 1.63. The lowest BCUT2D eigenvalue weighted by molar-refractivity contribution is 0.0240. The number of fused-ring (bicyclic) bond motifs is 1. The number of nitrogens with zero attached hydrogens (tertiary/aromatic N) is 4. The second kappa shape index (κ2) is 7.71. The Morgan fingerprint density at radius 2 is 1.79 bits per heavy atom. The van der Waals surface area contributed by atoms with Crippen LogP contribution in [-0.4, -0.2) is 74.1 Å². The molecule has 28 heavy (non-hydrogen) atoms. The molecule has 0 N–H and O–H groups in total. The zero-order valence-corrected chi connectivity index (χ0v) is 18.4. The van der Waals surface area contributed by atoms with E-state index in [-0.39, 0.29) is 6.09 Å². The Balaban J connectivity index is 1.45. The van der Waals surface area contributed by atoms with Gasteiger partial charge < -0.3 is 24.2 Å². The molecule has 0 aliphatic carbocycles. The van der Waals surface area contributed by atoms with Gasteiger partial charge in [0.05, 0.1) is 18.9 Å². The molecule has 8 heteroatoms. The van der Waals surface area contributed by atoms with Gasteiger partial charge in [0.25, 0.3) is 0 Å². The second-order valence-electron chi connectivity index (χ2n) is 8.91. The second-order valence-corrected chi connectivity index (χ2v) is 9.83. The van der Waals surface area contributed by atoms with Gasteiger partial charge in [-0.05, 0) is 42.8 Å². The average molecular weight is 453 g/mol. The van der Waals surface area contributed by atoms with Gasteiger partial charge in [0.1, 0.15) is 5.60 Å². The fourth-order valence-electron chi connectivity index (χ4n) is 4.21. The Hall–Kier alpha value is -1.54. The van der Waals surface area contributed by atoms with Crippen LogP contribution in [0.3, 0.4) is 0 Å². The summed E-state index contributed by atoms with van der Waals surface area (Å²) < 4.78 is 12.1. The number of hydrogen-bond donors (Lipinski definition) is 0. The Labute approximate surface area is 175 Å². The highest BCUT2D eigenvalue weighted by molar-refractivity contribution is 9.10. The molecule has 3 aliphatic heterocycles. The molecule has 0 saturated carbocycles. The van der Waals surface area contributed by atoms with Crippen molar-refractivity contribution in [2.24, 2.45) is 11.8 Å². The zero-order valence-electron chi connectivity index (χ0n) is 16.9. The molecule has 0 spiro atoms. The fraction of sp³-hybridized carbons (Fsp3) is 0.700. The molecule has 154 valence electrons. The number of ether oxygens (including phenoxy) is 2. The number of hydrogen-bond acceptors (Lipinski definition) is 6. The third kappa shape index (κ3) is 4.22. The van der Waals surface area contributed by atoms with E-state index < -0.39 is 5.60 Å². The molecular formula is C20H29BrN4O3. The van der Waals surface area contributed by atoms with Crippen molar-refractivity contribution in [2.75, 3.05) is 62.3 Å². The number of halogens is 1. The SMILES string of the molecule is CC(C)(C)OC(=O)N1CCN(c2ncc(Br)cc2N2CC3COCC3C2)CC1. The van der Waals surface area contributed by atoms with Crippen LogP contribution in [0.15, 0.2) is 16.7 Å². The number of aromatic nitrogens is 1. The molecule has 2 atom stereocenters. The van der Waals surface area contributed by atoms with E-state index in [1.165, 1.54) is 5.69 Å². The molecule has 0 radical (unpaired) electrons. The molecule has 1 amide bonds. The summed E-state index contributed by atoms with van der Waals surface area (Å²) in [6.45, 7) is 12.3. The minimum absolute atomic E-state index is 0.233. The topological polar surface area (TPSA) is 58.1 Å². The highest BCUT2D eigenvalue weighted by atomic mass is 79.9.